The summed E-state index contributed by atoms with van der Waals surface area (Å²) < 4.78 is 39.2. The van der Waals surface area contributed by atoms with Gasteiger partial charge in [0, 0.05) is 11.4 Å². The molecule has 0 saturated carbocycles. The van der Waals surface area contributed by atoms with Gasteiger partial charge >= 0.3 is 0 Å². The van der Waals surface area contributed by atoms with Crippen LogP contribution >= 0.6 is 0 Å². The molecule has 0 aliphatic heterocycles. The predicted molar refractivity (Wildman–Crippen MR) is 134 cm³/mol. The molecule has 3 aromatic carbocycles. The van der Waals surface area contributed by atoms with Gasteiger partial charge in [0.25, 0.3) is 15.9 Å². The molecule has 1 atom stereocenters. The van der Waals surface area contributed by atoms with Crippen LogP contribution in [-0.4, -0.2) is 27.0 Å². The summed E-state index contributed by atoms with van der Waals surface area (Å²) in [5, 5.41) is 2.76. The molecule has 180 valence electrons. The lowest BCUT2D eigenvalue weighted by Crippen LogP contribution is -2.30. The monoisotopic (exact) mass is 482 g/mol. The van der Waals surface area contributed by atoms with Crippen LogP contribution in [-0.2, 0) is 14.8 Å². The van der Waals surface area contributed by atoms with Gasteiger partial charge in [0.1, 0.15) is 11.5 Å². The molecule has 0 fully saturated rings. The van der Waals surface area contributed by atoms with Crippen molar-refractivity contribution in [2.24, 2.45) is 0 Å². The second-order valence-corrected chi connectivity index (χ2v) is 9.71. The molecule has 0 saturated heterocycles. The van der Waals surface area contributed by atoms with E-state index in [-0.39, 0.29) is 16.7 Å². The molecule has 3 aromatic rings. The van der Waals surface area contributed by atoms with E-state index in [1.54, 1.807) is 43.3 Å². The van der Waals surface area contributed by atoms with E-state index in [4.69, 9.17) is 9.47 Å². The third kappa shape index (κ3) is 6.51. The van der Waals surface area contributed by atoms with Gasteiger partial charge in [0.15, 0.2) is 6.10 Å². The normalized spacial score (nSPS) is 12.1. The van der Waals surface area contributed by atoms with E-state index in [0.717, 1.165) is 5.56 Å². The number of anilines is 2. The first-order chi connectivity index (χ1) is 16.2. The van der Waals surface area contributed by atoms with Gasteiger partial charge in [-0.25, -0.2) is 8.42 Å². The molecule has 1 amide bonds. The molecule has 2 N–H and O–H groups in total. The quantitative estimate of drug-likeness (QED) is 0.403. The molecule has 3 rings (SSSR count). The van der Waals surface area contributed by atoms with Gasteiger partial charge in [-0.05, 0) is 79.9 Å². The summed E-state index contributed by atoms with van der Waals surface area (Å²) in [6, 6.07) is 20.2. The van der Waals surface area contributed by atoms with Crippen LogP contribution in [0.5, 0.6) is 11.5 Å². The smallest absolute Gasteiger partial charge is 0.265 e. The summed E-state index contributed by atoms with van der Waals surface area (Å²) in [6.07, 6.45) is -0.732. The Labute approximate surface area is 201 Å². The number of carbonyl (C=O) groups excluding carboxylic acids is 1. The highest BCUT2D eigenvalue weighted by atomic mass is 32.2. The summed E-state index contributed by atoms with van der Waals surface area (Å²) in [7, 11) is -3.78. The number of sulfonamides is 1. The lowest BCUT2D eigenvalue weighted by Gasteiger charge is -2.18. The summed E-state index contributed by atoms with van der Waals surface area (Å²) >= 11 is 0. The maximum atomic E-state index is 12.7. The highest BCUT2D eigenvalue weighted by Gasteiger charge is 2.19. The molecule has 34 heavy (non-hydrogen) atoms. The Bertz CT molecular complexity index is 1210. The topological polar surface area (TPSA) is 93.7 Å². The number of nitrogens with one attached hydrogen (secondary N) is 2. The van der Waals surface area contributed by atoms with Crippen LogP contribution in [0.1, 0.15) is 39.2 Å². The van der Waals surface area contributed by atoms with Crippen molar-refractivity contribution >= 4 is 27.3 Å². The van der Waals surface area contributed by atoms with E-state index < -0.39 is 16.1 Å². The number of ether oxygens (including phenoxy) is 2. The Hall–Kier alpha value is -3.52. The minimum absolute atomic E-state index is 0.0783. The van der Waals surface area contributed by atoms with Crippen LogP contribution in [0, 0.1) is 0 Å². The van der Waals surface area contributed by atoms with Crippen molar-refractivity contribution in [3.8, 4) is 11.5 Å². The standard InChI is InChI=1S/C26H30N2O5S/c1-5-32-22-14-10-21(11-15-22)28-34(30,31)23-16-12-20(13-17-23)27-26(29)19(4)33-25-9-7-6-8-24(25)18(2)3/h6-19,28H,5H2,1-4H3,(H,27,29). The molecule has 0 spiro atoms. The number of rotatable bonds is 10. The third-order valence-electron chi connectivity index (χ3n) is 5.06. The average molecular weight is 483 g/mol. The Morgan fingerprint density at radius 3 is 2.12 bits per heavy atom. The number of amides is 1. The Morgan fingerprint density at radius 2 is 1.50 bits per heavy atom. The Morgan fingerprint density at radius 1 is 0.882 bits per heavy atom. The van der Waals surface area contributed by atoms with Crippen molar-refractivity contribution in [2.75, 3.05) is 16.6 Å². The van der Waals surface area contributed by atoms with E-state index in [2.05, 4.69) is 23.9 Å². The number of benzene rings is 3. The van der Waals surface area contributed by atoms with Crippen molar-refractivity contribution in [1.29, 1.82) is 0 Å². The first-order valence-electron chi connectivity index (χ1n) is 11.1. The molecular weight excluding hydrogens is 452 g/mol. The lowest BCUT2D eigenvalue weighted by atomic mass is 10.0. The fourth-order valence-electron chi connectivity index (χ4n) is 3.27. The highest BCUT2D eigenvalue weighted by molar-refractivity contribution is 7.92. The molecule has 0 radical (unpaired) electrons. The number of para-hydroxylation sites is 1. The minimum Gasteiger partial charge on any atom is -0.494 e. The molecule has 8 heteroatoms. The molecule has 0 heterocycles. The predicted octanol–water partition coefficient (Wildman–Crippen LogP) is 5.42. The van der Waals surface area contributed by atoms with Gasteiger partial charge in [-0.15, -0.1) is 0 Å². The summed E-state index contributed by atoms with van der Waals surface area (Å²) in [6.45, 7) is 8.21. The van der Waals surface area contributed by atoms with Crippen LogP contribution in [0.25, 0.3) is 0 Å². The highest BCUT2D eigenvalue weighted by Crippen LogP contribution is 2.27. The zero-order chi connectivity index (χ0) is 24.7. The van der Waals surface area contributed by atoms with E-state index >= 15 is 0 Å². The SMILES string of the molecule is CCOc1ccc(NS(=O)(=O)c2ccc(NC(=O)C(C)Oc3ccccc3C(C)C)cc2)cc1. The Balaban J connectivity index is 1.63. The fourth-order valence-corrected chi connectivity index (χ4v) is 4.33. The van der Waals surface area contributed by atoms with Crippen molar-refractivity contribution in [1.82, 2.24) is 0 Å². The molecule has 0 aliphatic carbocycles. The van der Waals surface area contributed by atoms with Crippen LogP contribution in [0.4, 0.5) is 11.4 Å². The van der Waals surface area contributed by atoms with Gasteiger partial charge in [-0.3, -0.25) is 9.52 Å². The number of hydrogen-bond donors (Lipinski definition) is 2. The van der Waals surface area contributed by atoms with Crippen molar-refractivity contribution < 1.29 is 22.7 Å². The number of carbonyl (C=O) groups is 1. The van der Waals surface area contributed by atoms with E-state index in [1.165, 1.54) is 12.1 Å². The fraction of sp³-hybridized carbons (Fsp3) is 0.269. The van der Waals surface area contributed by atoms with Gasteiger partial charge in [0.2, 0.25) is 0 Å². The molecule has 1 unspecified atom stereocenters. The second kappa shape index (κ2) is 11.1. The largest absolute Gasteiger partial charge is 0.494 e. The van der Waals surface area contributed by atoms with Crippen LogP contribution in [0.2, 0.25) is 0 Å². The zero-order valence-corrected chi connectivity index (χ0v) is 20.6. The molecule has 7 nitrogen and oxygen atoms in total. The summed E-state index contributed by atoms with van der Waals surface area (Å²) in [4.78, 5) is 12.7. The van der Waals surface area contributed by atoms with Crippen molar-refractivity contribution in [2.45, 2.75) is 44.6 Å². The van der Waals surface area contributed by atoms with E-state index in [9.17, 15) is 13.2 Å². The first kappa shape index (κ1) is 25.1. The maximum absolute atomic E-state index is 12.7. The molecule has 0 aromatic heterocycles. The van der Waals surface area contributed by atoms with Crippen LogP contribution < -0.4 is 19.5 Å². The van der Waals surface area contributed by atoms with Gasteiger partial charge < -0.3 is 14.8 Å². The van der Waals surface area contributed by atoms with Crippen molar-refractivity contribution in [3.05, 3.63) is 78.4 Å². The van der Waals surface area contributed by atoms with Crippen LogP contribution in [0.3, 0.4) is 0 Å². The third-order valence-corrected chi connectivity index (χ3v) is 6.46. The van der Waals surface area contributed by atoms with Crippen molar-refractivity contribution in [3.63, 3.8) is 0 Å². The second-order valence-electron chi connectivity index (χ2n) is 8.03. The van der Waals surface area contributed by atoms with Gasteiger partial charge in [-0.1, -0.05) is 32.0 Å². The Kier molecular flexibility index (Phi) is 8.17. The van der Waals surface area contributed by atoms with E-state index in [0.29, 0.717) is 29.5 Å². The van der Waals surface area contributed by atoms with E-state index in [1.807, 2.05) is 31.2 Å². The maximum Gasteiger partial charge on any atom is 0.265 e. The number of hydrogen-bond acceptors (Lipinski definition) is 5. The minimum atomic E-state index is -3.78. The molecular formula is C26H30N2O5S. The first-order valence-corrected chi connectivity index (χ1v) is 12.6. The zero-order valence-electron chi connectivity index (χ0n) is 19.7. The summed E-state index contributed by atoms with van der Waals surface area (Å²) in [5.41, 5.74) is 1.92. The molecule has 0 aliphatic rings. The van der Waals surface area contributed by atoms with Crippen LogP contribution in [0.15, 0.2) is 77.7 Å². The molecule has 0 bridgehead atoms. The average Bonchev–Trinajstić information content (AvgIpc) is 2.81. The van der Waals surface area contributed by atoms with Gasteiger partial charge in [-0.2, -0.15) is 0 Å². The lowest BCUT2D eigenvalue weighted by molar-refractivity contribution is -0.122. The van der Waals surface area contributed by atoms with Gasteiger partial charge in [0.05, 0.1) is 11.5 Å². The summed E-state index contributed by atoms with van der Waals surface area (Å²) in [5.74, 6) is 1.26.